The van der Waals surface area contributed by atoms with Crippen molar-refractivity contribution < 1.29 is 32.2 Å². The Labute approximate surface area is 336 Å². The van der Waals surface area contributed by atoms with E-state index in [1.807, 2.05) is 36.4 Å². The maximum atomic E-state index is 13.3. The first-order chi connectivity index (χ1) is 26.9. The zero-order valence-electron chi connectivity index (χ0n) is 32.0. The van der Waals surface area contributed by atoms with Crippen LogP contribution in [0.4, 0.5) is 18.0 Å². The van der Waals surface area contributed by atoms with Crippen LogP contribution in [0.5, 0.6) is 5.88 Å². The summed E-state index contributed by atoms with van der Waals surface area (Å²) in [5, 5.41) is 10.8. The van der Waals surface area contributed by atoms with Crippen LogP contribution >= 0.6 is 23.2 Å². The van der Waals surface area contributed by atoms with Crippen LogP contribution < -0.4 is 20.9 Å². The van der Waals surface area contributed by atoms with Gasteiger partial charge in [-0.3, -0.25) is 14.2 Å². The summed E-state index contributed by atoms with van der Waals surface area (Å²) < 4.78 is 51.9. The van der Waals surface area contributed by atoms with Crippen molar-refractivity contribution in [2.45, 2.75) is 70.9 Å². The van der Waals surface area contributed by atoms with E-state index in [2.05, 4.69) is 15.7 Å². The highest BCUT2D eigenvalue weighted by Crippen LogP contribution is 2.42. The number of rotatable bonds is 12. The van der Waals surface area contributed by atoms with Crippen molar-refractivity contribution in [2.24, 2.45) is 7.05 Å². The molecule has 4 heterocycles. The van der Waals surface area contributed by atoms with Crippen molar-refractivity contribution >= 4 is 40.7 Å². The van der Waals surface area contributed by atoms with Crippen LogP contribution in [0.2, 0.25) is 10.0 Å². The maximum Gasteiger partial charge on any atom is 0.410 e. The number of benzene rings is 2. The average molecular weight is 829 g/mol. The average Bonchev–Trinajstić information content (AvgIpc) is 3.76. The Bertz CT molecular complexity index is 2370. The molecular formula is C40H42Cl2F3N7O5. The zero-order valence-corrected chi connectivity index (χ0v) is 33.5. The summed E-state index contributed by atoms with van der Waals surface area (Å²) in [4.78, 5) is 44.7. The molecule has 2 N–H and O–H groups in total. The van der Waals surface area contributed by atoms with Crippen molar-refractivity contribution in [1.82, 2.24) is 34.7 Å². The first kappa shape index (κ1) is 41.5. The fraction of sp³-hybridized carbons (Fsp3) is 0.375. The van der Waals surface area contributed by atoms with E-state index in [4.69, 9.17) is 37.7 Å². The van der Waals surface area contributed by atoms with E-state index in [9.17, 15) is 27.6 Å². The lowest BCUT2D eigenvalue weighted by atomic mass is 9.97. The van der Waals surface area contributed by atoms with Gasteiger partial charge in [0, 0.05) is 72.2 Å². The molecule has 17 heteroatoms. The van der Waals surface area contributed by atoms with Gasteiger partial charge in [0.15, 0.2) is 0 Å². The van der Waals surface area contributed by atoms with Gasteiger partial charge in [-0.15, -0.1) is 0 Å². The van der Waals surface area contributed by atoms with Crippen LogP contribution in [0.15, 0.2) is 65.6 Å². The minimum Gasteiger partial charge on any atom is -0.481 e. The highest BCUT2D eigenvalue weighted by Gasteiger charge is 2.30. The van der Waals surface area contributed by atoms with Gasteiger partial charge in [-0.2, -0.15) is 18.3 Å². The van der Waals surface area contributed by atoms with Gasteiger partial charge in [0.1, 0.15) is 16.9 Å². The Hall–Kier alpha value is -5.12. The van der Waals surface area contributed by atoms with E-state index in [1.165, 1.54) is 28.1 Å². The third kappa shape index (κ3) is 9.71. The van der Waals surface area contributed by atoms with Crippen LogP contribution in [0.1, 0.15) is 51.4 Å². The van der Waals surface area contributed by atoms with Crippen molar-refractivity contribution in [1.29, 1.82) is 0 Å². The number of halogens is 5. The standard InChI is InChI=1S/C40H42Cl2F3N7O5/c1-39(2,3)57-38(55)51(22-25-13-15-33(53)47-25)20-23-12-14-30(48-36(23)56-5)29-11-7-10-28(35(29)42)27-9-6-8-26(34(27)41)24-18-31-37(54)50(4)32(49-52(31)21-24)19-46-17-16-40(43,44)45/h6-12,14,18,21,25,46H,13,15-17,19-20,22H2,1-5H3,(H,47,53)/t25-/m0/s1. The number of nitrogens with one attached hydrogen (secondary N) is 2. The van der Waals surface area contributed by atoms with Gasteiger partial charge < -0.3 is 25.0 Å². The number of pyridine rings is 1. The Kier molecular flexibility index (Phi) is 12.2. The molecule has 0 saturated carbocycles. The third-order valence-corrected chi connectivity index (χ3v) is 10.2. The fourth-order valence-electron chi connectivity index (χ4n) is 6.54. The third-order valence-electron chi connectivity index (χ3n) is 9.35. The predicted molar refractivity (Wildman–Crippen MR) is 211 cm³/mol. The van der Waals surface area contributed by atoms with Gasteiger partial charge in [-0.05, 0) is 45.4 Å². The Morgan fingerprint density at radius 2 is 1.68 bits per heavy atom. The van der Waals surface area contributed by atoms with E-state index in [1.54, 1.807) is 45.2 Å². The van der Waals surface area contributed by atoms with Crippen LogP contribution in [0.25, 0.3) is 39.0 Å². The normalized spacial score (nSPS) is 14.6. The molecule has 1 saturated heterocycles. The lowest BCUT2D eigenvalue weighted by molar-refractivity contribution is -0.133. The second kappa shape index (κ2) is 16.8. The van der Waals surface area contributed by atoms with Gasteiger partial charge in [0.25, 0.3) is 5.56 Å². The van der Waals surface area contributed by atoms with E-state index in [0.717, 1.165) is 0 Å². The van der Waals surface area contributed by atoms with Crippen molar-refractivity contribution in [3.63, 3.8) is 0 Å². The topological polar surface area (TPSA) is 132 Å². The van der Waals surface area contributed by atoms with Crippen LogP contribution in [-0.4, -0.2) is 74.1 Å². The minimum atomic E-state index is -4.30. The van der Waals surface area contributed by atoms with Gasteiger partial charge in [-0.25, -0.2) is 14.3 Å². The molecule has 0 radical (unpaired) electrons. The number of hydrogen-bond acceptors (Lipinski definition) is 8. The van der Waals surface area contributed by atoms with Crippen molar-refractivity contribution in [3.05, 3.63) is 92.6 Å². The van der Waals surface area contributed by atoms with Crippen LogP contribution in [0.3, 0.4) is 0 Å². The summed E-state index contributed by atoms with van der Waals surface area (Å²) >= 11 is 14.2. The van der Waals surface area contributed by atoms with Crippen molar-refractivity contribution in [2.75, 3.05) is 20.2 Å². The van der Waals surface area contributed by atoms with E-state index in [0.29, 0.717) is 62.0 Å². The molecule has 2 amide bonds. The molecule has 6 rings (SSSR count). The molecule has 0 bridgehead atoms. The predicted octanol–water partition coefficient (Wildman–Crippen LogP) is 7.80. The Morgan fingerprint density at radius 1 is 1.02 bits per heavy atom. The molecule has 0 unspecified atom stereocenters. The summed E-state index contributed by atoms with van der Waals surface area (Å²) in [6, 6.07) is 15.9. The molecule has 3 aromatic heterocycles. The molecule has 0 spiro atoms. The molecule has 57 heavy (non-hydrogen) atoms. The van der Waals surface area contributed by atoms with Gasteiger partial charge in [0.2, 0.25) is 11.8 Å². The minimum absolute atomic E-state index is 0.0361. The molecular weight excluding hydrogens is 786 g/mol. The Morgan fingerprint density at radius 3 is 2.32 bits per heavy atom. The largest absolute Gasteiger partial charge is 0.481 e. The molecule has 12 nitrogen and oxygen atoms in total. The van der Waals surface area contributed by atoms with Gasteiger partial charge in [-0.1, -0.05) is 59.6 Å². The molecule has 1 aliphatic heterocycles. The summed E-state index contributed by atoms with van der Waals surface area (Å²) in [6.07, 6.45) is -3.19. The second-order valence-electron chi connectivity index (χ2n) is 14.7. The quantitative estimate of drug-likeness (QED) is 0.122. The number of aromatic nitrogens is 4. The first-order valence-electron chi connectivity index (χ1n) is 18.2. The van der Waals surface area contributed by atoms with E-state index in [-0.39, 0.29) is 60.9 Å². The number of carbonyl (C=O) groups excluding carboxylic acids is 2. The summed E-state index contributed by atoms with van der Waals surface area (Å²) in [5.41, 5.74) is 3.30. The number of alkyl halides is 3. The molecule has 1 atom stereocenters. The van der Waals surface area contributed by atoms with E-state index < -0.39 is 24.3 Å². The number of amides is 2. The van der Waals surface area contributed by atoms with Gasteiger partial charge >= 0.3 is 12.3 Å². The fourth-order valence-corrected chi connectivity index (χ4v) is 7.20. The number of nitrogens with zero attached hydrogens (tertiary/aromatic N) is 5. The number of carbonyl (C=O) groups is 2. The number of ether oxygens (including phenoxy) is 2. The lowest BCUT2D eigenvalue weighted by Gasteiger charge is -2.29. The van der Waals surface area contributed by atoms with Crippen molar-refractivity contribution in [3.8, 4) is 39.4 Å². The molecule has 5 aromatic rings. The maximum absolute atomic E-state index is 13.3. The molecule has 1 aliphatic rings. The van der Waals surface area contributed by atoms with Gasteiger partial charge in [0.05, 0.1) is 42.4 Å². The molecule has 1 fully saturated rings. The zero-order chi connectivity index (χ0) is 41.2. The summed E-state index contributed by atoms with van der Waals surface area (Å²) in [6.45, 7) is 5.38. The Balaban J connectivity index is 1.28. The van der Waals surface area contributed by atoms with Crippen LogP contribution in [-0.2, 0) is 29.7 Å². The lowest BCUT2D eigenvalue weighted by Crippen LogP contribution is -2.43. The molecule has 2 aromatic carbocycles. The smallest absolute Gasteiger partial charge is 0.410 e. The SMILES string of the molecule is COc1nc(-c2cccc(-c3cccc(-c4cc5c(=O)n(C)c(CNCCC(F)(F)F)nn5c4)c3Cl)c2Cl)ccc1CN(C[C@@H]1CCC(=O)N1)C(=O)OC(C)(C)C. The summed E-state index contributed by atoms with van der Waals surface area (Å²) in [5.74, 6) is 0.479. The second-order valence-corrected chi connectivity index (χ2v) is 15.5. The number of methoxy groups -OCH3 is 1. The highest BCUT2D eigenvalue weighted by molar-refractivity contribution is 6.39. The van der Waals surface area contributed by atoms with E-state index >= 15 is 0 Å². The molecule has 302 valence electrons. The number of hydrogen-bond donors (Lipinski definition) is 2. The highest BCUT2D eigenvalue weighted by atomic mass is 35.5. The first-order valence-corrected chi connectivity index (χ1v) is 18.9. The number of fused-ring (bicyclic) bond motifs is 1. The summed E-state index contributed by atoms with van der Waals surface area (Å²) in [7, 11) is 3.00. The molecule has 0 aliphatic carbocycles. The van der Waals surface area contributed by atoms with Crippen LogP contribution in [0, 0.1) is 0 Å². The monoisotopic (exact) mass is 827 g/mol.